The number of carbonyl (C=O) groups is 2. The van der Waals surface area contributed by atoms with Gasteiger partial charge in [-0.25, -0.2) is 0 Å². The minimum absolute atomic E-state index is 0.0407. The molecule has 37 heavy (non-hydrogen) atoms. The Hall–Kier alpha value is -2.76. The van der Waals surface area contributed by atoms with E-state index in [1.807, 2.05) is 79.7 Å². The number of hydrogen-bond acceptors (Lipinski definition) is 3. The topological polar surface area (TPSA) is 49.4 Å². The second-order valence-corrected chi connectivity index (χ2v) is 11.2. The number of aryl methyl sites for hydroxylation is 1. The Morgan fingerprint density at radius 3 is 2.41 bits per heavy atom. The van der Waals surface area contributed by atoms with Gasteiger partial charge in [0.15, 0.2) is 0 Å². The Morgan fingerprint density at radius 1 is 0.973 bits per heavy atom. The summed E-state index contributed by atoms with van der Waals surface area (Å²) in [5, 5.41) is 3.97. The third kappa shape index (κ3) is 8.11. The fourth-order valence-electron chi connectivity index (χ4n) is 4.88. The standard InChI is InChI=1S/C31H35ClN2O2S/c1-23-10-9-13-25(18-23)20-34(30(35)22-37-21-26-14-5-8-17-28(26)32)29(19-24-11-3-2-4-12-24)31(36)33-27-15-6-7-16-27/h2-5,8-14,17-18,27,29H,6-7,15-16,19-22H2,1H3,(H,33,36)/t29-/m1/s1. The third-order valence-electron chi connectivity index (χ3n) is 6.85. The molecule has 4 rings (SSSR count). The average molecular weight is 535 g/mol. The van der Waals surface area contributed by atoms with Gasteiger partial charge >= 0.3 is 0 Å². The van der Waals surface area contributed by atoms with Crippen molar-refractivity contribution in [1.29, 1.82) is 0 Å². The smallest absolute Gasteiger partial charge is 0.243 e. The van der Waals surface area contributed by atoms with Crippen molar-refractivity contribution in [2.75, 3.05) is 5.75 Å². The summed E-state index contributed by atoms with van der Waals surface area (Å²) >= 11 is 7.86. The number of carbonyl (C=O) groups excluding carboxylic acids is 2. The molecule has 194 valence electrons. The molecule has 0 aromatic heterocycles. The molecule has 4 nitrogen and oxygen atoms in total. The van der Waals surface area contributed by atoms with Crippen LogP contribution in [-0.2, 0) is 28.3 Å². The maximum atomic E-state index is 13.8. The van der Waals surface area contributed by atoms with E-state index >= 15 is 0 Å². The van der Waals surface area contributed by atoms with E-state index in [-0.39, 0.29) is 23.6 Å². The van der Waals surface area contributed by atoms with Crippen molar-refractivity contribution in [2.24, 2.45) is 0 Å². The van der Waals surface area contributed by atoms with Gasteiger partial charge in [0.25, 0.3) is 0 Å². The fraction of sp³-hybridized carbons (Fsp3) is 0.355. The van der Waals surface area contributed by atoms with Gasteiger partial charge in [-0.05, 0) is 42.5 Å². The molecule has 0 saturated heterocycles. The Bertz CT molecular complexity index is 1180. The fourth-order valence-corrected chi connectivity index (χ4v) is 6.07. The lowest BCUT2D eigenvalue weighted by molar-refractivity contribution is -0.139. The molecule has 0 bridgehead atoms. The van der Waals surface area contributed by atoms with Crippen molar-refractivity contribution >= 4 is 35.2 Å². The molecule has 1 aliphatic carbocycles. The summed E-state index contributed by atoms with van der Waals surface area (Å²) < 4.78 is 0. The highest BCUT2D eigenvalue weighted by Crippen LogP contribution is 2.23. The van der Waals surface area contributed by atoms with Crippen molar-refractivity contribution in [3.8, 4) is 0 Å². The molecule has 3 aromatic rings. The first-order valence-corrected chi connectivity index (χ1v) is 14.5. The summed E-state index contributed by atoms with van der Waals surface area (Å²) in [4.78, 5) is 29.3. The van der Waals surface area contributed by atoms with E-state index in [1.54, 1.807) is 4.90 Å². The predicted molar refractivity (Wildman–Crippen MR) is 154 cm³/mol. The SMILES string of the molecule is Cc1cccc(CN(C(=O)CSCc2ccccc2Cl)[C@H](Cc2ccccc2)C(=O)NC2CCCC2)c1. The van der Waals surface area contributed by atoms with Crippen LogP contribution in [0.15, 0.2) is 78.9 Å². The van der Waals surface area contributed by atoms with Gasteiger partial charge in [0.05, 0.1) is 5.75 Å². The van der Waals surface area contributed by atoms with Gasteiger partial charge < -0.3 is 10.2 Å². The lowest BCUT2D eigenvalue weighted by Crippen LogP contribution is -2.52. The van der Waals surface area contributed by atoms with Crippen molar-refractivity contribution in [2.45, 2.75) is 63.4 Å². The highest BCUT2D eigenvalue weighted by atomic mass is 35.5. The lowest BCUT2D eigenvalue weighted by atomic mass is 10.0. The quantitative estimate of drug-likeness (QED) is 0.302. The van der Waals surface area contributed by atoms with E-state index in [1.165, 1.54) is 11.8 Å². The van der Waals surface area contributed by atoms with E-state index in [9.17, 15) is 9.59 Å². The molecule has 2 amide bonds. The van der Waals surface area contributed by atoms with Crippen molar-refractivity contribution < 1.29 is 9.59 Å². The molecule has 1 aliphatic rings. The molecule has 0 radical (unpaired) electrons. The van der Waals surface area contributed by atoms with Crippen LogP contribution in [0.3, 0.4) is 0 Å². The first kappa shape index (κ1) is 27.3. The van der Waals surface area contributed by atoms with E-state index in [0.29, 0.717) is 23.7 Å². The zero-order valence-corrected chi connectivity index (χ0v) is 22.9. The molecular weight excluding hydrogens is 500 g/mol. The number of nitrogens with one attached hydrogen (secondary N) is 1. The average Bonchev–Trinajstić information content (AvgIpc) is 3.41. The zero-order valence-electron chi connectivity index (χ0n) is 21.4. The summed E-state index contributed by atoms with van der Waals surface area (Å²) in [6.07, 6.45) is 4.76. The first-order chi connectivity index (χ1) is 18.0. The summed E-state index contributed by atoms with van der Waals surface area (Å²) in [6, 6.07) is 25.5. The number of halogens is 1. The number of rotatable bonds is 11. The van der Waals surface area contributed by atoms with Gasteiger partial charge in [-0.1, -0.05) is 103 Å². The minimum atomic E-state index is -0.586. The number of benzene rings is 3. The molecule has 6 heteroatoms. The van der Waals surface area contributed by atoms with E-state index in [4.69, 9.17) is 11.6 Å². The molecular formula is C31H35ClN2O2S. The molecule has 0 unspecified atom stereocenters. The Labute approximate surface area is 229 Å². The van der Waals surface area contributed by atoms with Crippen molar-refractivity contribution in [3.05, 3.63) is 106 Å². The van der Waals surface area contributed by atoms with Crippen molar-refractivity contribution in [1.82, 2.24) is 10.2 Å². The van der Waals surface area contributed by atoms with Gasteiger partial charge in [-0.2, -0.15) is 0 Å². The molecule has 0 spiro atoms. The normalized spacial score (nSPS) is 14.3. The summed E-state index contributed by atoms with van der Waals surface area (Å²) in [5.74, 6) is 0.814. The maximum Gasteiger partial charge on any atom is 0.243 e. The second-order valence-electron chi connectivity index (χ2n) is 9.79. The predicted octanol–water partition coefficient (Wildman–Crippen LogP) is 6.58. The summed E-state index contributed by atoms with van der Waals surface area (Å²) in [6.45, 7) is 2.44. The summed E-state index contributed by atoms with van der Waals surface area (Å²) in [5.41, 5.74) is 4.20. The van der Waals surface area contributed by atoms with Crippen LogP contribution >= 0.6 is 23.4 Å². The minimum Gasteiger partial charge on any atom is -0.352 e. The van der Waals surface area contributed by atoms with Gasteiger partial charge in [0.1, 0.15) is 6.04 Å². The van der Waals surface area contributed by atoms with Crippen molar-refractivity contribution in [3.63, 3.8) is 0 Å². The zero-order chi connectivity index (χ0) is 26.0. The Balaban J connectivity index is 1.57. The van der Waals surface area contributed by atoms with E-state index in [0.717, 1.165) is 47.9 Å². The van der Waals surface area contributed by atoms with Gasteiger partial charge in [0.2, 0.25) is 11.8 Å². The Kier molecular flexibility index (Phi) is 10.1. The van der Waals surface area contributed by atoms with Crippen LogP contribution < -0.4 is 5.32 Å². The van der Waals surface area contributed by atoms with Gasteiger partial charge in [0, 0.05) is 29.8 Å². The van der Waals surface area contributed by atoms with Crippen LogP contribution in [0.25, 0.3) is 0 Å². The third-order valence-corrected chi connectivity index (χ3v) is 8.18. The highest BCUT2D eigenvalue weighted by Gasteiger charge is 2.32. The number of nitrogens with zero attached hydrogens (tertiary/aromatic N) is 1. The van der Waals surface area contributed by atoms with Crippen LogP contribution in [0.4, 0.5) is 0 Å². The van der Waals surface area contributed by atoms with Crippen LogP contribution in [-0.4, -0.2) is 34.6 Å². The van der Waals surface area contributed by atoms with Crippen LogP contribution in [0.2, 0.25) is 5.02 Å². The van der Waals surface area contributed by atoms with Crippen LogP contribution in [0.5, 0.6) is 0 Å². The lowest BCUT2D eigenvalue weighted by Gasteiger charge is -2.32. The molecule has 0 heterocycles. The molecule has 1 N–H and O–H groups in total. The van der Waals surface area contributed by atoms with Crippen LogP contribution in [0.1, 0.15) is 47.9 Å². The Morgan fingerprint density at radius 2 is 1.68 bits per heavy atom. The molecule has 3 aromatic carbocycles. The largest absolute Gasteiger partial charge is 0.352 e. The first-order valence-electron chi connectivity index (χ1n) is 13.0. The molecule has 0 aliphatic heterocycles. The van der Waals surface area contributed by atoms with Crippen LogP contribution in [0, 0.1) is 6.92 Å². The summed E-state index contributed by atoms with van der Waals surface area (Å²) in [7, 11) is 0. The molecule has 1 saturated carbocycles. The second kappa shape index (κ2) is 13.7. The monoisotopic (exact) mass is 534 g/mol. The molecule has 1 atom stereocenters. The van der Waals surface area contributed by atoms with Gasteiger partial charge in [-0.15, -0.1) is 11.8 Å². The maximum absolute atomic E-state index is 13.8. The van der Waals surface area contributed by atoms with E-state index in [2.05, 4.69) is 11.4 Å². The number of hydrogen-bond donors (Lipinski definition) is 1. The van der Waals surface area contributed by atoms with E-state index < -0.39 is 6.04 Å². The number of thioether (sulfide) groups is 1. The highest BCUT2D eigenvalue weighted by molar-refractivity contribution is 7.99. The molecule has 1 fully saturated rings. The number of amides is 2. The van der Waals surface area contributed by atoms with Gasteiger partial charge in [-0.3, -0.25) is 9.59 Å².